The molecular weight excluding hydrogens is 364 g/mol. The summed E-state index contributed by atoms with van der Waals surface area (Å²) in [6.07, 6.45) is 6.76. The first-order chi connectivity index (χ1) is 14.2. The molecule has 2 aliphatic rings. The van der Waals surface area contributed by atoms with Crippen LogP contribution >= 0.6 is 0 Å². The van der Waals surface area contributed by atoms with Crippen LogP contribution in [0.3, 0.4) is 0 Å². The highest BCUT2D eigenvalue weighted by Gasteiger charge is 2.29. The minimum atomic E-state index is -0.204. The molecule has 0 unspecified atom stereocenters. The van der Waals surface area contributed by atoms with Crippen LogP contribution in [0, 0.1) is 11.3 Å². The summed E-state index contributed by atoms with van der Waals surface area (Å²) in [5.74, 6) is 1.79. The van der Waals surface area contributed by atoms with Crippen LogP contribution < -0.4 is 5.32 Å². The highest BCUT2D eigenvalue weighted by atomic mass is 16.4. The maximum Gasteiger partial charge on any atom is 0.251 e. The fourth-order valence-corrected chi connectivity index (χ4v) is 3.84. The summed E-state index contributed by atoms with van der Waals surface area (Å²) < 4.78 is 6.07. The third kappa shape index (κ3) is 3.52. The van der Waals surface area contributed by atoms with Crippen molar-refractivity contribution in [3.63, 3.8) is 0 Å². The monoisotopic (exact) mass is 384 g/mol. The molecule has 0 bridgehead atoms. The van der Waals surface area contributed by atoms with Gasteiger partial charge in [0.05, 0.1) is 17.7 Å². The minimum absolute atomic E-state index is 0.195. The Kier molecular flexibility index (Phi) is 4.36. The molecular formula is C23H20N4O2. The number of rotatable bonds is 4. The number of carbonyl (C=O) groups excluding carboxylic acids is 1. The molecule has 0 spiro atoms. The number of benzene rings is 1. The van der Waals surface area contributed by atoms with E-state index in [0.717, 1.165) is 42.0 Å². The first-order valence-corrected chi connectivity index (χ1v) is 9.98. The van der Waals surface area contributed by atoms with Gasteiger partial charge in [0.15, 0.2) is 0 Å². The Morgan fingerprint density at radius 3 is 2.93 bits per heavy atom. The summed E-state index contributed by atoms with van der Waals surface area (Å²) in [6.45, 7) is 0. The fraction of sp³-hybridized carbons (Fsp3) is 0.304. The van der Waals surface area contributed by atoms with Gasteiger partial charge in [0.1, 0.15) is 11.5 Å². The van der Waals surface area contributed by atoms with E-state index in [-0.39, 0.29) is 11.9 Å². The summed E-state index contributed by atoms with van der Waals surface area (Å²) >= 11 is 0. The zero-order valence-corrected chi connectivity index (χ0v) is 15.9. The van der Waals surface area contributed by atoms with Gasteiger partial charge >= 0.3 is 0 Å². The minimum Gasteiger partial charge on any atom is -0.441 e. The SMILES string of the molecule is N#Cc1cccc(C(=O)N[C@H]2CCCc3oc(-c4ccnc(C5CC5)c4)nc32)c1. The largest absolute Gasteiger partial charge is 0.441 e. The molecule has 0 radical (unpaired) electrons. The molecule has 2 heterocycles. The van der Waals surface area contributed by atoms with E-state index < -0.39 is 0 Å². The van der Waals surface area contributed by atoms with Gasteiger partial charge < -0.3 is 9.73 Å². The highest BCUT2D eigenvalue weighted by Crippen LogP contribution is 2.40. The molecule has 2 aliphatic carbocycles. The number of hydrogen-bond acceptors (Lipinski definition) is 5. The van der Waals surface area contributed by atoms with Crippen LogP contribution in [0.5, 0.6) is 0 Å². The number of aryl methyl sites for hydroxylation is 1. The molecule has 6 nitrogen and oxygen atoms in total. The van der Waals surface area contributed by atoms with Crippen LogP contribution in [-0.2, 0) is 6.42 Å². The lowest BCUT2D eigenvalue weighted by molar-refractivity contribution is 0.0931. The van der Waals surface area contributed by atoms with Crippen molar-refractivity contribution in [2.45, 2.75) is 44.1 Å². The Bertz CT molecular complexity index is 1120. The molecule has 1 aromatic carbocycles. The second-order valence-corrected chi connectivity index (χ2v) is 7.68. The quantitative estimate of drug-likeness (QED) is 0.724. The van der Waals surface area contributed by atoms with Gasteiger partial charge in [0, 0.05) is 35.4 Å². The average Bonchev–Trinajstić information content (AvgIpc) is 3.52. The smallest absolute Gasteiger partial charge is 0.251 e. The van der Waals surface area contributed by atoms with Crippen molar-refractivity contribution in [1.82, 2.24) is 15.3 Å². The van der Waals surface area contributed by atoms with Crippen LogP contribution in [0.25, 0.3) is 11.5 Å². The Hall–Kier alpha value is -3.46. The predicted molar refractivity (Wildman–Crippen MR) is 106 cm³/mol. The molecule has 1 saturated carbocycles. The van der Waals surface area contributed by atoms with Crippen molar-refractivity contribution in [1.29, 1.82) is 5.26 Å². The van der Waals surface area contributed by atoms with Crippen LogP contribution in [0.4, 0.5) is 0 Å². The molecule has 144 valence electrons. The summed E-state index contributed by atoms with van der Waals surface area (Å²) in [6, 6.07) is 12.6. The lowest BCUT2D eigenvalue weighted by Gasteiger charge is -2.21. The normalized spacial score (nSPS) is 18.0. The van der Waals surface area contributed by atoms with E-state index in [0.29, 0.717) is 22.9 Å². The van der Waals surface area contributed by atoms with Crippen LogP contribution in [0.15, 0.2) is 47.0 Å². The van der Waals surface area contributed by atoms with Gasteiger partial charge in [-0.2, -0.15) is 5.26 Å². The number of hydrogen-bond donors (Lipinski definition) is 1. The number of nitrogens with one attached hydrogen (secondary N) is 1. The van der Waals surface area contributed by atoms with E-state index in [2.05, 4.69) is 22.4 Å². The van der Waals surface area contributed by atoms with E-state index in [4.69, 9.17) is 14.7 Å². The van der Waals surface area contributed by atoms with Crippen molar-refractivity contribution in [2.24, 2.45) is 0 Å². The van der Waals surface area contributed by atoms with Crippen LogP contribution in [0.2, 0.25) is 0 Å². The van der Waals surface area contributed by atoms with Crippen LogP contribution in [0.1, 0.15) is 70.7 Å². The van der Waals surface area contributed by atoms with Crippen molar-refractivity contribution < 1.29 is 9.21 Å². The number of nitriles is 1. The number of oxazole rings is 1. The first-order valence-electron chi connectivity index (χ1n) is 9.98. The van der Waals surface area contributed by atoms with Crippen molar-refractivity contribution in [2.75, 3.05) is 0 Å². The highest BCUT2D eigenvalue weighted by molar-refractivity contribution is 5.94. The number of aromatic nitrogens is 2. The van der Waals surface area contributed by atoms with Gasteiger partial charge in [-0.25, -0.2) is 4.98 Å². The molecule has 6 heteroatoms. The van der Waals surface area contributed by atoms with E-state index in [1.54, 1.807) is 24.3 Å². The molecule has 1 fully saturated rings. The maximum absolute atomic E-state index is 12.7. The van der Waals surface area contributed by atoms with E-state index >= 15 is 0 Å². The number of carbonyl (C=O) groups is 1. The zero-order valence-electron chi connectivity index (χ0n) is 15.9. The van der Waals surface area contributed by atoms with E-state index in [1.165, 1.54) is 12.8 Å². The third-order valence-electron chi connectivity index (χ3n) is 5.54. The second-order valence-electron chi connectivity index (χ2n) is 7.68. The van der Waals surface area contributed by atoms with Gasteiger partial charge in [0.25, 0.3) is 5.91 Å². The van der Waals surface area contributed by atoms with Gasteiger partial charge in [-0.3, -0.25) is 9.78 Å². The number of amides is 1. The topological polar surface area (TPSA) is 91.8 Å². The lowest BCUT2D eigenvalue weighted by atomic mass is 9.96. The molecule has 1 atom stereocenters. The Balaban J connectivity index is 1.40. The van der Waals surface area contributed by atoms with Gasteiger partial charge in [-0.1, -0.05) is 6.07 Å². The fourth-order valence-electron chi connectivity index (χ4n) is 3.84. The van der Waals surface area contributed by atoms with Gasteiger partial charge in [0.2, 0.25) is 5.89 Å². The molecule has 5 rings (SSSR count). The Morgan fingerprint density at radius 2 is 2.10 bits per heavy atom. The standard InChI is InChI=1S/C23H20N4O2/c24-13-14-3-1-4-16(11-14)22(28)26-18-5-2-6-20-21(18)27-23(29-20)17-9-10-25-19(12-17)15-7-8-15/h1,3-4,9-12,15,18H,2,5-8H2,(H,26,28)/t18-/m0/s1. The van der Waals surface area contributed by atoms with E-state index in [1.807, 2.05) is 12.3 Å². The molecule has 3 aromatic rings. The average molecular weight is 384 g/mol. The Labute approximate surface area is 168 Å². The molecule has 0 aliphatic heterocycles. The second kappa shape index (κ2) is 7.17. The predicted octanol–water partition coefficient (Wildman–Crippen LogP) is 4.29. The van der Waals surface area contributed by atoms with Crippen molar-refractivity contribution in [3.8, 4) is 17.5 Å². The summed E-state index contributed by atoms with van der Waals surface area (Å²) in [4.78, 5) is 21.9. The Morgan fingerprint density at radius 1 is 1.21 bits per heavy atom. The maximum atomic E-state index is 12.7. The summed E-state index contributed by atoms with van der Waals surface area (Å²) in [5, 5.41) is 12.1. The summed E-state index contributed by atoms with van der Waals surface area (Å²) in [7, 11) is 0. The third-order valence-corrected chi connectivity index (χ3v) is 5.54. The molecule has 1 amide bonds. The zero-order chi connectivity index (χ0) is 19.8. The number of fused-ring (bicyclic) bond motifs is 1. The lowest BCUT2D eigenvalue weighted by Crippen LogP contribution is -2.31. The van der Waals surface area contributed by atoms with Crippen molar-refractivity contribution >= 4 is 5.91 Å². The van der Waals surface area contributed by atoms with Gasteiger partial charge in [-0.15, -0.1) is 0 Å². The van der Waals surface area contributed by atoms with Crippen LogP contribution in [-0.4, -0.2) is 15.9 Å². The molecule has 1 N–H and O–H groups in total. The molecule has 2 aromatic heterocycles. The van der Waals surface area contributed by atoms with Gasteiger partial charge in [-0.05, 0) is 56.0 Å². The molecule has 29 heavy (non-hydrogen) atoms. The first kappa shape index (κ1) is 17.6. The molecule has 0 saturated heterocycles. The van der Waals surface area contributed by atoms with E-state index in [9.17, 15) is 4.79 Å². The summed E-state index contributed by atoms with van der Waals surface area (Å²) in [5.41, 5.74) is 3.78. The number of pyridine rings is 1. The van der Waals surface area contributed by atoms with Crippen molar-refractivity contribution in [3.05, 3.63) is 70.9 Å². The number of nitrogens with zero attached hydrogens (tertiary/aromatic N) is 3.